The van der Waals surface area contributed by atoms with E-state index < -0.39 is 11.0 Å². The Kier molecular flexibility index (Phi) is 5.28. The third-order valence-corrected chi connectivity index (χ3v) is 3.42. The zero-order chi connectivity index (χ0) is 14.2. The van der Waals surface area contributed by atoms with Gasteiger partial charge in [0, 0.05) is 6.20 Å². The minimum Gasteiger partial charge on any atom is -0.281 e. The lowest BCUT2D eigenvalue weighted by Gasteiger charge is -1.72. The number of fused-ring (bicyclic) bond motifs is 1. The van der Waals surface area contributed by atoms with E-state index in [2.05, 4.69) is 9.97 Å². The maximum absolute atomic E-state index is 10.8. The van der Waals surface area contributed by atoms with E-state index in [4.69, 9.17) is 0 Å². The van der Waals surface area contributed by atoms with Crippen LogP contribution in [0, 0.1) is 0 Å². The summed E-state index contributed by atoms with van der Waals surface area (Å²) < 4.78 is 0. The van der Waals surface area contributed by atoms with Crippen LogP contribution in [-0.2, 0) is 0 Å². The minimum atomic E-state index is -0.710. The van der Waals surface area contributed by atoms with Gasteiger partial charge in [0.2, 0.25) is 0 Å². The molecule has 0 N–H and O–H groups in total. The summed E-state index contributed by atoms with van der Waals surface area (Å²) in [6.45, 7) is 0. The maximum Gasteiger partial charge on any atom is 0.320 e. The molecule has 100 valence electrons. The maximum atomic E-state index is 10.8. The molecule has 0 saturated heterocycles. The number of aromatic nitrogens is 2. The van der Waals surface area contributed by atoms with Crippen molar-refractivity contribution in [1.82, 2.24) is 9.97 Å². The highest BCUT2D eigenvalue weighted by Crippen LogP contribution is 2.08. The van der Waals surface area contributed by atoms with E-state index in [0.717, 1.165) is 0 Å². The van der Waals surface area contributed by atoms with Crippen molar-refractivity contribution in [3.05, 3.63) is 78.6 Å². The molecule has 4 nitrogen and oxygen atoms in total. The fraction of sp³-hybridized carbons (Fsp3) is 0. The lowest BCUT2D eigenvalue weighted by Crippen LogP contribution is -2.19. The summed E-state index contributed by atoms with van der Waals surface area (Å²) >= 11 is 3.43. The van der Waals surface area contributed by atoms with Gasteiger partial charge in [-0.3, -0.25) is 14.6 Å². The molecule has 4 heterocycles. The van der Waals surface area contributed by atoms with Crippen LogP contribution < -0.4 is 11.0 Å². The van der Waals surface area contributed by atoms with Crippen LogP contribution in [0.4, 0.5) is 0 Å². The topological polar surface area (TPSA) is 59.9 Å². The Labute approximate surface area is 123 Å². The summed E-state index contributed by atoms with van der Waals surface area (Å²) in [5.41, 5.74) is -0.724. The first-order valence-electron chi connectivity index (χ1n) is 5.65. The summed E-state index contributed by atoms with van der Waals surface area (Å²) in [6.07, 6.45) is 1.46. The first-order chi connectivity index (χ1) is 9.79. The van der Waals surface area contributed by atoms with Gasteiger partial charge in [0.25, 0.3) is 5.43 Å². The monoisotopic (exact) mass is 302 g/mol. The minimum absolute atomic E-state index is 0.185. The van der Waals surface area contributed by atoms with Gasteiger partial charge in [0.05, 0.1) is 5.69 Å². The highest BCUT2D eigenvalue weighted by molar-refractivity contribution is 7.08. The van der Waals surface area contributed by atoms with Crippen molar-refractivity contribution in [2.45, 2.75) is 0 Å². The van der Waals surface area contributed by atoms with E-state index in [9.17, 15) is 9.59 Å². The smallest absolute Gasteiger partial charge is 0.281 e. The zero-order valence-corrected chi connectivity index (χ0v) is 11.9. The zero-order valence-electron chi connectivity index (χ0n) is 10.3. The van der Waals surface area contributed by atoms with Crippen LogP contribution in [0.5, 0.6) is 0 Å². The number of hydrogen-bond acceptors (Lipinski definition) is 6. The van der Waals surface area contributed by atoms with Gasteiger partial charge in [-0.05, 0) is 27.6 Å². The number of rotatable bonds is 0. The molecule has 0 spiro atoms. The first kappa shape index (κ1) is 14.2. The van der Waals surface area contributed by atoms with Crippen molar-refractivity contribution in [3.63, 3.8) is 0 Å². The van der Waals surface area contributed by atoms with Gasteiger partial charge < -0.3 is 0 Å². The second-order valence-electron chi connectivity index (χ2n) is 3.51. The third-order valence-electron chi connectivity index (χ3n) is 2.16. The van der Waals surface area contributed by atoms with Gasteiger partial charge in [0.15, 0.2) is 0 Å². The fourth-order valence-corrected chi connectivity index (χ4v) is 2.21. The second-order valence-corrected chi connectivity index (χ2v) is 5.14. The van der Waals surface area contributed by atoms with E-state index in [0.29, 0.717) is 5.69 Å². The molecular weight excluding hydrogens is 292 g/mol. The molecular formula is C14H10N2O2S2. The van der Waals surface area contributed by atoms with E-state index in [1.54, 1.807) is 22.7 Å². The summed E-state index contributed by atoms with van der Waals surface area (Å²) in [5, 5.41) is 8.17. The number of hydrogen-bond donors (Lipinski definition) is 0. The first-order valence-corrected chi connectivity index (χ1v) is 7.54. The predicted octanol–water partition coefficient (Wildman–Crippen LogP) is 2.67. The van der Waals surface area contributed by atoms with Crippen LogP contribution in [0.3, 0.4) is 0 Å². The normalized spacial score (nSPS) is 9.40. The number of thiophene rings is 2. The Balaban J connectivity index is 0.000000124. The molecule has 0 saturated carbocycles. The van der Waals surface area contributed by atoms with Crippen molar-refractivity contribution < 1.29 is 0 Å². The lowest BCUT2D eigenvalue weighted by atomic mass is 10.4. The molecule has 0 aromatic carbocycles. The van der Waals surface area contributed by atoms with E-state index in [1.165, 1.54) is 12.3 Å². The quantitative estimate of drug-likeness (QED) is 0.469. The highest BCUT2D eigenvalue weighted by Gasteiger charge is 2.14. The van der Waals surface area contributed by atoms with Crippen LogP contribution in [0.2, 0.25) is 0 Å². The molecule has 4 rings (SSSR count). The molecule has 0 aliphatic carbocycles. The van der Waals surface area contributed by atoms with Gasteiger partial charge in [-0.1, -0.05) is 24.3 Å². The molecule has 0 atom stereocenters. The summed E-state index contributed by atoms with van der Waals surface area (Å²) in [6, 6.07) is 9.61. The largest absolute Gasteiger partial charge is 0.320 e. The van der Waals surface area contributed by atoms with Crippen LogP contribution >= 0.6 is 22.7 Å². The van der Waals surface area contributed by atoms with Gasteiger partial charge >= 0.3 is 5.56 Å². The molecule has 0 bridgehead atoms. The fourth-order valence-electron chi connectivity index (χ4n) is 1.31. The average Bonchev–Trinajstić information content (AvgIpc) is 3.20. The molecule has 2 aliphatic rings. The molecule has 6 heteroatoms. The molecule has 0 unspecified atom stereocenters. The van der Waals surface area contributed by atoms with Crippen LogP contribution in [-0.4, -0.2) is 9.97 Å². The van der Waals surface area contributed by atoms with Gasteiger partial charge in [-0.2, -0.15) is 22.7 Å². The second kappa shape index (κ2) is 7.42. The predicted molar refractivity (Wildman–Crippen MR) is 82.2 cm³/mol. The van der Waals surface area contributed by atoms with E-state index >= 15 is 0 Å². The SMILES string of the molecule is O=c1nc2ccnc-2c1=O.c1ccsc1.c1ccsc1. The Bertz CT molecular complexity index is 696. The Morgan fingerprint density at radius 3 is 1.80 bits per heavy atom. The van der Waals surface area contributed by atoms with Crippen LogP contribution in [0.25, 0.3) is 11.4 Å². The summed E-state index contributed by atoms with van der Waals surface area (Å²) in [5.74, 6) is 0. The average molecular weight is 302 g/mol. The van der Waals surface area contributed by atoms with Crippen molar-refractivity contribution in [2.24, 2.45) is 0 Å². The standard InChI is InChI=1S/C6H2N2O2.2C4H4S/c9-5-4-3(1-2-7-4)8-6(5)10;2*1-2-4-5-3-1/h1-2H;2*1-4H. The molecule has 0 fully saturated rings. The summed E-state index contributed by atoms with van der Waals surface area (Å²) in [4.78, 5) is 28.4. The van der Waals surface area contributed by atoms with Gasteiger partial charge in [-0.15, -0.1) is 0 Å². The van der Waals surface area contributed by atoms with Crippen LogP contribution in [0.1, 0.15) is 0 Å². The molecule has 2 aromatic heterocycles. The van der Waals surface area contributed by atoms with Gasteiger partial charge in [0.1, 0.15) is 5.69 Å². The molecule has 2 aromatic rings. The molecule has 20 heavy (non-hydrogen) atoms. The number of nitrogens with zero attached hydrogens (tertiary/aromatic N) is 2. The van der Waals surface area contributed by atoms with Crippen LogP contribution in [0.15, 0.2) is 67.6 Å². The molecule has 0 radical (unpaired) electrons. The van der Waals surface area contributed by atoms with E-state index in [1.807, 2.05) is 45.8 Å². The Morgan fingerprint density at radius 1 is 0.850 bits per heavy atom. The van der Waals surface area contributed by atoms with Crippen molar-refractivity contribution in [1.29, 1.82) is 0 Å². The van der Waals surface area contributed by atoms with Crippen molar-refractivity contribution >= 4 is 22.7 Å². The highest BCUT2D eigenvalue weighted by atomic mass is 32.1. The summed E-state index contributed by atoms with van der Waals surface area (Å²) in [7, 11) is 0. The lowest BCUT2D eigenvalue weighted by molar-refractivity contribution is 1.30. The molecule has 0 amide bonds. The van der Waals surface area contributed by atoms with Gasteiger partial charge in [-0.25, -0.2) is 4.98 Å². The Hall–Kier alpha value is -2.18. The molecule has 2 aliphatic heterocycles. The third kappa shape index (κ3) is 3.91. The van der Waals surface area contributed by atoms with Crippen molar-refractivity contribution in [3.8, 4) is 11.4 Å². The van der Waals surface area contributed by atoms with E-state index in [-0.39, 0.29) is 5.69 Å². The van der Waals surface area contributed by atoms with Crippen molar-refractivity contribution in [2.75, 3.05) is 0 Å². The Morgan fingerprint density at radius 2 is 1.40 bits per heavy atom.